The summed E-state index contributed by atoms with van der Waals surface area (Å²) in [5, 5.41) is 9.39. The van der Waals surface area contributed by atoms with E-state index in [4.69, 9.17) is 19.9 Å². The molecule has 0 bridgehead atoms. The Morgan fingerprint density at radius 3 is 1.81 bits per heavy atom. The number of hydrogen-bond acceptors (Lipinski definition) is 4. The predicted molar refractivity (Wildman–Crippen MR) is 253 cm³/mol. The molecule has 0 fully saturated rings. The minimum absolute atomic E-state index is 0.217. The molecule has 0 saturated heterocycles. The summed E-state index contributed by atoms with van der Waals surface area (Å²) >= 11 is 0. The first-order valence-electron chi connectivity index (χ1n) is 21.1. The third-order valence-corrected chi connectivity index (χ3v) is 13.0. The van der Waals surface area contributed by atoms with E-state index in [1.807, 2.05) is 12.4 Å². The summed E-state index contributed by atoms with van der Waals surface area (Å²) in [5.74, 6) is 1.27. The highest BCUT2D eigenvalue weighted by atomic mass is 15.2. The van der Waals surface area contributed by atoms with Crippen molar-refractivity contribution in [3.05, 3.63) is 188 Å². The number of aromatic nitrogens is 8. The average molecular weight is 795 g/mol. The minimum atomic E-state index is 0.217. The van der Waals surface area contributed by atoms with Crippen LogP contribution in [0.3, 0.4) is 0 Å². The van der Waals surface area contributed by atoms with Gasteiger partial charge in [-0.2, -0.15) is 4.98 Å². The molecule has 0 spiro atoms. The van der Waals surface area contributed by atoms with Crippen molar-refractivity contribution in [1.82, 2.24) is 38.2 Å². The smallest absolute Gasteiger partial charge is 0.236 e. The summed E-state index contributed by atoms with van der Waals surface area (Å²) in [4.78, 5) is 20.6. The van der Waals surface area contributed by atoms with E-state index < -0.39 is 0 Å². The number of para-hydroxylation sites is 5. The van der Waals surface area contributed by atoms with Gasteiger partial charge in [-0.1, -0.05) is 121 Å². The molecule has 1 aliphatic carbocycles. The van der Waals surface area contributed by atoms with Crippen LogP contribution in [0.15, 0.2) is 188 Å². The Bertz CT molecular complexity index is 4080. The number of allylic oxidation sites excluding steroid dienone is 4. The zero-order valence-corrected chi connectivity index (χ0v) is 33.3. The molecule has 0 radical (unpaired) electrons. The van der Waals surface area contributed by atoms with Gasteiger partial charge in [0.05, 0.1) is 57.1 Å². The highest BCUT2D eigenvalue weighted by Crippen LogP contribution is 2.43. The highest BCUT2D eigenvalue weighted by Gasteiger charge is 2.24. The van der Waals surface area contributed by atoms with Crippen molar-refractivity contribution >= 4 is 98.4 Å². The first-order valence-corrected chi connectivity index (χ1v) is 21.1. The van der Waals surface area contributed by atoms with Gasteiger partial charge >= 0.3 is 0 Å². The Hall–Kier alpha value is -8.36. The van der Waals surface area contributed by atoms with Gasteiger partial charge in [-0.3, -0.25) is 9.13 Å². The molecular formula is C54H34N8. The van der Waals surface area contributed by atoms with Gasteiger partial charge in [0.25, 0.3) is 0 Å². The predicted octanol–water partition coefficient (Wildman–Crippen LogP) is 12.9. The van der Waals surface area contributed by atoms with Crippen molar-refractivity contribution in [2.75, 3.05) is 0 Å². The van der Waals surface area contributed by atoms with Crippen molar-refractivity contribution in [2.45, 2.75) is 12.5 Å². The lowest BCUT2D eigenvalue weighted by atomic mass is 10.1. The zero-order valence-electron chi connectivity index (χ0n) is 33.3. The lowest BCUT2D eigenvalue weighted by Gasteiger charge is -2.18. The van der Waals surface area contributed by atoms with Gasteiger partial charge in [0.1, 0.15) is 5.52 Å². The fraction of sp³-hybridized carbons (Fsp3) is 0.0370. The van der Waals surface area contributed by atoms with Gasteiger partial charge < -0.3 is 9.13 Å². The third kappa shape index (κ3) is 4.55. The fourth-order valence-corrected chi connectivity index (χ4v) is 10.4. The molecule has 62 heavy (non-hydrogen) atoms. The molecular weight excluding hydrogens is 761 g/mol. The SMILES string of the molecule is C1=CCC(n2c3ccccc3c3c4c(ccc32)c2ccccc2n4-c2ncc3nc(-n4c5ccccc5c5cc6c(cc54)c4ccccc4n6-c4ccccc4)cnc3n2)C=C1. The van der Waals surface area contributed by atoms with E-state index in [1.54, 1.807) is 0 Å². The maximum Gasteiger partial charge on any atom is 0.236 e. The molecule has 7 aromatic carbocycles. The maximum atomic E-state index is 5.25. The van der Waals surface area contributed by atoms with Crippen LogP contribution in [0.4, 0.5) is 0 Å². The van der Waals surface area contributed by atoms with Crippen LogP contribution in [0.1, 0.15) is 12.5 Å². The van der Waals surface area contributed by atoms with Crippen molar-refractivity contribution < 1.29 is 0 Å². The Balaban J connectivity index is 0.981. The number of fused-ring (bicyclic) bond motifs is 14. The van der Waals surface area contributed by atoms with Crippen LogP contribution in [0.2, 0.25) is 0 Å². The number of nitrogens with zero attached hydrogens (tertiary/aromatic N) is 8. The van der Waals surface area contributed by atoms with E-state index in [0.29, 0.717) is 22.9 Å². The lowest BCUT2D eigenvalue weighted by molar-refractivity contribution is 0.648. The van der Waals surface area contributed by atoms with Gasteiger partial charge in [0.2, 0.25) is 5.95 Å². The summed E-state index contributed by atoms with van der Waals surface area (Å²) in [6.45, 7) is 0. The van der Waals surface area contributed by atoms with Crippen LogP contribution in [0.5, 0.6) is 0 Å². The Morgan fingerprint density at radius 2 is 1.08 bits per heavy atom. The van der Waals surface area contributed by atoms with Crippen LogP contribution >= 0.6 is 0 Å². The summed E-state index contributed by atoms with van der Waals surface area (Å²) < 4.78 is 9.31. The zero-order chi connectivity index (χ0) is 40.5. The fourth-order valence-electron chi connectivity index (χ4n) is 10.4. The number of benzene rings is 7. The molecule has 8 nitrogen and oxygen atoms in total. The standard InChI is InChI=1S/C54H34N8/c1-3-15-33(16-4-1)59-46-26-14-10-22-39(46)51-47(59)28-27-38-35-19-7-13-25-45(35)62(52(38)51)54-56-31-42-53(58-54)55-32-50(57-42)61-44-24-12-9-21-37(44)41-29-48-40(30-49(41)61)36-20-8-11-23-43(36)60(48)34-17-5-2-6-18-34/h1-15,17-33H,16H2. The molecule has 6 aromatic heterocycles. The topological polar surface area (TPSA) is 71.3 Å². The third-order valence-electron chi connectivity index (χ3n) is 13.0. The largest absolute Gasteiger partial charge is 0.333 e. The first kappa shape index (κ1) is 33.5. The molecule has 1 aliphatic rings. The molecule has 0 saturated carbocycles. The van der Waals surface area contributed by atoms with Crippen molar-refractivity contribution in [2.24, 2.45) is 0 Å². The van der Waals surface area contributed by atoms with Gasteiger partial charge in [-0.25, -0.2) is 15.0 Å². The van der Waals surface area contributed by atoms with Gasteiger partial charge in [0.15, 0.2) is 11.5 Å². The first-order chi connectivity index (χ1) is 30.8. The quantitative estimate of drug-likeness (QED) is 0.178. The van der Waals surface area contributed by atoms with Crippen LogP contribution in [0.25, 0.3) is 116 Å². The normalized spacial score (nSPS) is 14.4. The van der Waals surface area contributed by atoms with Crippen LogP contribution in [-0.2, 0) is 0 Å². The monoisotopic (exact) mass is 794 g/mol. The second-order valence-electron chi connectivity index (χ2n) is 16.2. The molecule has 6 heterocycles. The Kier molecular flexibility index (Phi) is 6.79. The molecule has 290 valence electrons. The van der Waals surface area contributed by atoms with E-state index in [-0.39, 0.29) is 6.04 Å². The summed E-state index contributed by atoms with van der Waals surface area (Å²) in [7, 11) is 0. The average Bonchev–Trinajstić information content (AvgIpc) is 4.06. The van der Waals surface area contributed by atoms with E-state index in [9.17, 15) is 0 Å². The lowest BCUT2D eigenvalue weighted by Crippen LogP contribution is -2.07. The summed E-state index contributed by atoms with van der Waals surface area (Å²) in [5.41, 5.74) is 11.3. The highest BCUT2D eigenvalue weighted by molar-refractivity contribution is 6.26. The molecule has 1 unspecified atom stereocenters. The molecule has 13 aromatic rings. The number of rotatable bonds is 4. The summed E-state index contributed by atoms with van der Waals surface area (Å²) in [6.07, 6.45) is 13.5. The molecule has 0 N–H and O–H groups in total. The van der Waals surface area contributed by atoms with Crippen molar-refractivity contribution in [3.8, 4) is 17.5 Å². The van der Waals surface area contributed by atoms with Crippen LogP contribution in [-0.4, -0.2) is 38.2 Å². The molecule has 0 aliphatic heterocycles. The van der Waals surface area contributed by atoms with Gasteiger partial charge in [-0.05, 0) is 61.0 Å². The van der Waals surface area contributed by atoms with E-state index in [0.717, 1.165) is 61.2 Å². The second kappa shape index (κ2) is 12.6. The molecule has 8 heteroatoms. The molecule has 0 amide bonds. The van der Waals surface area contributed by atoms with E-state index in [2.05, 4.69) is 194 Å². The van der Waals surface area contributed by atoms with Gasteiger partial charge in [0, 0.05) is 54.3 Å². The van der Waals surface area contributed by atoms with Crippen LogP contribution in [0, 0.1) is 0 Å². The summed E-state index contributed by atoms with van der Waals surface area (Å²) in [6, 6.07) is 54.5. The Labute approximate surface area is 353 Å². The van der Waals surface area contributed by atoms with E-state index >= 15 is 0 Å². The minimum Gasteiger partial charge on any atom is -0.333 e. The van der Waals surface area contributed by atoms with Crippen molar-refractivity contribution in [1.29, 1.82) is 0 Å². The molecule has 14 rings (SSSR count). The number of hydrogen-bond donors (Lipinski definition) is 0. The molecule has 1 atom stereocenters. The van der Waals surface area contributed by atoms with Crippen molar-refractivity contribution in [3.63, 3.8) is 0 Å². The maximum absolute atomic E-state index is 5.25. The van der Waals surface area contributed by atoms with Gasteiger partial charge in [-0.15, -0.1) is 0 Å². The Morgan fingerprint density at radius 1 is 0.452 bits per heavy atom. The van der Waals surface area contributed by atoms with Crippen LogP contribution < -0.4 is 0 Å². The van der Waals surface area contributed by atoms with E-state index in [1.165, 1.54) is 38.1 Å². The second-order valence-corrected chi connectivity index (χ2v) is 16.2.